The van der Waals surface area contributed by atoms with Crippen LogP contribution in [0.15, 0.2) is 0 Å². The molecule has 22 heavy (non-hydrogen) atoms. The van der Waals surface area contributed by atoms with Crippen LogP contribution in [0, 0.1) is 5.41 Å². The second kappa shape index (κ2) is 5.50. The number of rotatable bonds is 4. The quantitative estimate of drug-likeness (QED) is 0.762. The molecule has 1 aliphatic carbocycles. The molecule has 2 N–H and O–H groups in total. The highest BCUT2D eigenvalue weighted by Gasteiger charge is 2.70. The number of nitrogens with one attached hydrogen (secondary N) is 2. The van der Waals surface area contributed by atoms with E-state index in [1.54, 1.807) is 0 Å². The van der Waals surface area contributed by atoms with Gasteiger partial charge in [0.2, 0.25) is 11.8 Å². The van der Waals surface area contributed by atoms with E-state index in [1.165, 1.54) is 0 Å². The van der Waals surface area contributed by atoms with Crippen molar-refractivity contribution in [1.82, 2.24) is 10.6 Å². The zero-order valence-corrected chi connectivity index (χ0v) is 11.8. The molecule has 2 rings (SSSR count). The molecule has 126 valence electrons. The predicted molar refractivity (Wildman–Crippen MR) is 64.7 cm³/mol. The van der Waals surface area contributed by atoms with Crippen molar-refractivity contribution >= 4 is 23.6 Å². The van der Waals surface area contributed by atoms with Gasteiger partial charge in [0.1, 0.15) is 12.1 Å². The van der Waals surface area contributed by atoms with Crippen molar-refractivity contribution in [2.45, 2.75) is 43.0 Å². The number of hydrogen-bond donors (Lipinski definition) is 2. The standard InChI is InChI=1S/C11H12F6N2O2S/c12-10(13,14)9(2-3-9)6-8(21)18-5(7(20)19-6)1-4-22-11(15,16)17/h5-6H,1-4H2,(H,18,21)(H,19,20). The van der Waals surface area contributed by atoms with Crippen LogP contribution in [-0.4, -0.2) is 41.3 Å². The summed E-state index contributed by atoms with van der Waals surface area (Å²) < 4.78 is 74.8. The van der Waals surface area contributed by atoms with Crippen molar-refractivity contribution in [3.63, 3.8) is 0 Å². The fourth-order valence-corrected chi connectivity index (χ4v) is 2.97. The molecule has 1 saturated heterocycles. The summed E-state index contributed by atoms with van der Waals surface area (Å²) in [4.78, 5) is 23.5. The summed E-state index contributed by atoms with van der Waals surface area (Å²) in [7, 11) is 0. The molecule has 2 aliphatic rings. The first-order valence-corrected chi connectivity index (χ1v) is 7.33. The molecule has 1 heterocycles. The Morgan fingerprint density at radius 1 is 1.05 bits per heavy atom. The maximum Gasteiger partial charge on any atom is 0.441 e. The lowest BCUT2D eigenvalue weighted by molar-refractivity contribution is -0.199. The van der Waals surface area contributed by atoms with Crippen LogP contribution in [0.1, 0.15) is 19.3 Å². The van der Waals surface area contributed by atoms with Crippen molar-refractivity contribution in [3.8, 4) is 0 Å². The molecule has 2 amide bonds. The van der Waals surface area contributed by atoms with Gasteiger partial charge < -0.3 is 10.6 Å². The Kier molecular flexibility index (Phi) is 4.31. The second-order valence-electron chi connectivity index (χ2n) is 5.24. The average Bonchev–Trinajstić information content (AvgIpc) is 3.12. The first-order chi connectivity index (χ1) is 9.96. The number of halogens is 6. The second-order valence-corrected chi connectivity index (χ2v) is 6.40. The minimum absolute atomic E-state index is 0.260. The topological polar surface area (TPSA) is 58.2 Å². The number of carbonyl (C=O) groups excluding carboxylic acids is 2. The SMILES string of the molecule is O=C1NC(C2(C(F)(F)F)CC2)C(=O)NC1CCSC(F)(F)F. The molecule has 0 aromatic heterocycles. The molecule has 0 spiro atoms. The molecule has 1 saturated carbocycles. The number of amides is 2. The lowest BCUT2D eigenvalue weighted by atomic mass is 9.92. The van der Waals surface area contributed by atoms with Crippen LogP contribution >= 0.6 is 11.8 Å². The molecular weight excluding hydrogens is 338 g/mol. The monoisotopic (exact) mass is 350 g/mol. The molecule has 11 heteroatoms. The third kappa shape index (κ3) is 3.44. The fraction of sp³-hybridized carbons (Fsp3) is 0.818. The molecule has 0 radical (unpaired) electrons. The van der Waals surface area contributed by atoms with Crippen LogP contribution in [0.3, 0.4) is 0 Å². The van der Waals surface area contributed by atoms with Gasteiger partial charge in [-0.1, -0.05) is 11.8 Å². The normalized spacial score (nSPS) is 28.1. The van der Waals surface area contributed by atoms with Gasteiger partial charge in [-0.3, -0.25) is 9.59 Å². The molecule has 2 atom stereocenters. The molecule has 0 bridgehead atoms. The predicted octanol–water partition coefficient (Wildman–Crippen LogP) is 1.96. The van der Waals surface area contributed by atoms with Gasteiger partial charge in [-0.25, -0.2) is 0 Å². The van der Waals surface area contributed by atoms with Crippen LogP contribution in [0.25, 0.3) is 0 Å². The lowest BCUT2D eigenvalue weighted by Gasteiger charge is -2.35. The summed E-state index contributed by atoms with van der Waals surface area (Å²) in [6, 6.07) is -2.96. The Morgan fingerprint density at radius 3 is 2.09 bits per heavy atom. The van der Waals surface area contributed by atoms with Gasteiger partial charge in [0.05, 0.1) is 5.41 Å². The van der Waals surface area contributed by atoms with E-state index in [-0.39, 0.29) is 31.0 Å². The summed E-state index contributed by atoms with van der Waals surface area (Å²) in [5, 5.41) is 4.10. The van der Waals surface area contributed by atoms with E-state index in [2.05, 4.69) is 5.32 Å². The highest BCUT2D eigenvalue weighted by molar-refractivity contribution is 8.00. The summed E-state index contributed by atoms with van der Waals surface area (Å²) in [6.07, 6.45) is -5.46. The van der Waals surface area contributed by atoms with E-state index >= 15 is 0 Å². The van der Waals surface area contributed by atoms with Gasteiger partial charge in [0.25, 0.3) is 0 Å². The van der Waals surface area contributed by atoms with E-state index in [0.717, 1.165) is 0 Å². The lowest BCUT2D eigenvalue weighted by Crippen LogP contribution is -2.66. The van der Waals surface area contributed by atoms with E-state index in [0.29, 0.717) is 0 Å². The highest BCUT2D eigenvalue weighted by Crippen LogP contribution is 2.60. The molecule has 0 aromatic carbocycles. The molecule has 2 unspecified atom stereocenters. The summed E-state index contributed by atoms with van der Waals surface area (Å²) >= 11 is -0.358. The molecule has 4 nitrogen and oxygen atoms in total. The van der Waals surface area contributed by atoms with Gasteiger partial charge in [-0.2, -0.15) is 26.3 Å². The van der Waals surface area contributed by atoms with Crippen molar-refractivity contribution in [2.75, 3.05) is 5.75 Å². The van der Waals surface area contributed by atoms with E-state index in [4.69, 9.17) is 0 Å². The van der Waals surface area contributed by atoms with Gasteiger partial charge in [-0.15, -0.1) is 0 Å². The van der Waals surface area contributed by atoms with Crippen molar-refractivity contribution < 1.29 is 35.9 Å². The number of carbonyl (C=O) groups is 2. The van der Waals surface area contributed by atoms with E-state index in [9.17, 15) is 35.9 Å². The van der Waals surface area contributed by atoms with Crippen LogP contribution < -0.4 is 10.6 Å². The number of thioether (sulfide) groups is 1. The number of piperazine rings is 1. The van der Waals surface area contributed by atoms with Crippen LogP contribution in [0.2, 0.25) is 0 Å². The highest BCUT2D eigenvalue weighted by atomic mass is 32.2. The van der Waals surface area contributed by atoms with Crippen LogP contribution in [-0.2, 0) is 9.59 Å². The first-order valence-electron chi connectivity index (χ1n) is 6.34. The maximum absolute atomic E-state index is 13.0. The van der Waals surface area contributed by atoms with Crippen molar-refractivity contribution in [3.05, 3.63) is 0 Å². The number of alkyl halides is 6. The maximum atomic E-state index is 13.0. The molecular formula is C11H12F6N2O2S. The Balaban J connectivity index is 1.96. The Hall–Kier alpha value is -1.13. The largest absolute Gasteiger partial charge is 0.441 e. The smallest absolute Gasteiger partial charge is 0.342 e. The Bertz CT molecular complexity index is 474. The summed E-state index contributed by atoms with van der Waals surface area (Å²) in [6.45, 7) is 0. The first kappa shape index (κ1) is 17.2. The summed E-state index contributed by atoms with van der Waals surface area (Å²) in [5.74, 6) is -2.36. The van der Waals surface area contributed by atoms with Gasteiger partial charge in [-0.05, 0) is 19.3 Å². The van der Waals surface area contributed by atoms with Gasteiger partial charge in [0.15, 0.2) is 0 Å². The summed E-state index contributed by atoms with van der Waals surface area (Å²) in [5.41, 5.74) is -6.72. The third-order valence-electron chi connectivity index (χ3n) is 3.76. The van der Waals surface area contributed by atoms with Crippen LogP contribution in [0.5, 0.6) is 0 Å². The van der Waals surface area contributed by atoms with Crippen LogP contribution in [0.4, 0.5) is 26.3 Å². The third-order valence-corrected chi connectivity index (χ3v) is 4.53. The fourth-order valence-electron chi connectivity index (χ4n) is 2.38. The Morgan fingerprint density at radius 2 is 1.64 bits per heavy atom. The molecule has 0 aromatic rings. The molecule has 2 fully saturated rings. The Labute approximate surface area is 125 Å². The molecule has 1 aliphatic heterocycles. The zero-order valence-electron chi connectivity index (χ0n) is 11.0. The minimum Gasteiger partial charge on any atom is -0.342 e. The van der Waals surface area contributed by atoms with Gasteiger partial charge >= 0.3 is 11.7 Å². The zero-order chi connectivity index (χ0) is 16.8. The van der Waals surface area contributed by atoms with E-state index in [1.807, 2.05) is 5.32 Å². The van der Waals surface area contributed by atoms with E-state index < -0.39 is 46.8 Å². The number of hydrogen-bond acceptors (Lipinski definition) is 3. The van der Waals surface area contributed by atoms with Crippen molar-refractivity contribution in [2.24, 2.45) is 5.41 Å². The minimum atomic E-state index is -4.62. The average molecular weight is 350 g/mol. The van der Waals surface area contributed by atoms with Crippen molar-refractivity contribution in [1.29, 1.82) is 0 Å². The van der Waals surface area contributed by atoms with Gasteiger partial charge in [0, 0.05) is 5.75 Å².